The molecular weight excluding hydrogens is 304 g/mol. The first-order valence-corrected chi connectivity index (χ1v) is 7.06. The predicted octanol–water partition coefficient (Wildman–Crippen LogP) is 2.88. The van der Waals surface area contributed by atoms with Crippen LogP contribution in [0.4, 0.5) is 8.78 Å². The van der Waals surface area contributed by atoms with Crippen molar-refractivity contribution in [1.29, 1.82) is 0 Å². The van der Waals surface area contributed by atoms with Crippen LogP contribution in [0.2, 0.25) is 0 Å². The Hall–Kier alpha value is -2.63. The Morgan fingerprint density at radius 1 is 1.09 bits per heavy atom. The molecule has 2 aromatic rings. The smallest absolute Gasteiger partial charge is 0.260 e. The number of rotatable bonds is 7. The average molecular weight is 321 g/mol. The van der Waals surface area contributed by atoms with Crippen LogP contribution in [-0.2, 0) is 4.79 Å². The SMILES string of the molecule is CN(CCOc1ccccc1)C(=O)COc1ccc(F)cc1F. The van der Waals surface area contributed by atoms with Gasteiger partial charge in [-0.2, -0.15) is 0 Å². The van der Waals surface area contributed by atoms with Crippen molar-refractivity contribution >= 4 is 5.91 Å². The number of carbonyl (C=O) groups is 1. The van der Waals surface area contributed by atoms with Crippen LogP contribution in [0.3, 0.4) is 0 Å². The summed E-state index contributed by atoms with van der Waals surface area (Å²) in [7, 11) is 1.60. The summed E-state index contributed by atoms with van der Waals surface area (Å²) in [6, 6.07) is 12.2. The Morgan fingerprint density at radius 3 is 2.52 bits per heavy atom. The molecule has 0 bridgehead atoms. The third-order valence-corrected chi connectivity index (χ3v) is 3.11. The highest BCUT2D eigenvalue weighted by atomic mass is 19.1. The van der Waals surface area contributed by atoms with Crippen molar-refractivity contribution in [3.8, 4) is 11.5 Å². The highest BCUT2D eigenvalue weighted by Crippen LogP contribution is 2.17. The molecular formula is C17H17F2NO3. The molecule has 4 nitrogen and oxygen atoms in total. The van der Waals surface area contributed by atoms with Crippen molar-refractivity contribution in [2.45, 2.75) is 0 Å². The van der Waals surface area contributed by atoms with Gasteiger partial charge < -0.3 is 14.4 Å². The van der Waals surface area contributed by atoms with E-state index >= 15 is 0 Å². The number of ether oxygens (including phenoxy) is 2. The second kappa shape index (κ2) is 8.12. The third-order valence-electron chi connectivity index (χ3n) is 3.11. The number of hydrogen-bond acceptors (Lipinski definition) is 3. The van der Waals surface area contributed by atoms with E-state index in [4.69, 9.17) is 9.47 Å². The third kappa shape index (κ3) is 5.25. The Kier molecular flexibility index (Phi) is 5.91. The number of halogens is 2. The van der Waals surface area contributed by atoms with Crippen LogP contribution in [-0.4, -0.2) is 37.6 Å². The van der Waals surface area contributed by atoms with Crippen LogP contribution in [0.1, 0.15) is 0 Å². The highest BCUT2D eigenvalue weighted by molar-refractivity contribution is 5.77. The van der Waals surface area contributed by atoms with E-state index in [1.807, 2.05) is 30.3 Å². The molecule has 122 valence electrons. The Balaban J connectivity index is 1.74. The van der Waals surface area contributed by atoms with Crippen LogP contribution in [0.5, 0.6) is 11.5 Å². The van der Waals surface area contributed by atoms with Gasteiger partial charge in [0.25, 0.3) is 5.91 Å². The number of nitrogens with zero attached hydrogens (tertiary/aromatic N) is 1. The van der Waals surface area contributed by atoms with Crippen LogP contribution in [0.25, 0.3) is 0 Å². The van der Waals surface area contributed by atoms with Gasteiger partial charge in [0, 0.05) is 13.1 Å². The van der Waals surface area contributed by atoms with Crippen LogP contribution in [0.15, 0.2) is 48.5 Å². The maximum absolute atomic E-state index is 13.4. The van der Waals surface area contributed by atoms with Gasteiger partial charge in [-0.3, -0.25) is 4.79 Å². The van der Waals surface area contributed by atoms with Gasteiger partial charge in [0.05, 0.1) is 6.54 Å². The lowest BCUT2D eigenvalue weighted by atomic mass is 10.3. The van der Waals surface area contributed by atoms with Crippen LogP contribution < -0.4 is 9.47 Å². The molecule has 0 fully saturated rings. The Labute approximate surface area is 133 Å². The van der Waals surface area contributed by atoms with E-state index in [1.165, 1.54) is 4.90 Å². The number of para-hydroxylation sites is 1. The molecule has 0 spiro atoms. The zero-order valence-corrected chi connectivity index (χ0v) is 12.7. The van der Waals surface area contributed by atoms with Crippen molar-refractivity contribution in [2.75, 3.05) is 26.8 Å². The molecule has 0 aliphatic carbocycles. The normalized spacial score (nSPS) is 10.2. The number of carbonyl (C=O) groups excluding carboxylic acids is 1. The molecule has 0 N–H and O–H groups in total. The van der Waals surface area contributed by atoms with E-state index in [-0.39, 0.29) is 18.3 Å². The van der Waals surface area contributed by atoms with Gasteiger partial charge in [0.1, 0.15) is 18.2 Å². The molecule has 0 saturated heterocycles. The molecule has 6 heteroatoms. The quantitative estimate of drug-likeness (QED) is 0.787. The summed E-state index contributed by atoms with van der Waals surface area (Å²) in [5, 5.41) is 0. The predicted molar refractivity (Wildman–Crippen MR) is 81.4 cm³/mol. The summed E-state index contributed by atoms with van der Waals surface area (Å²) in [6.45, 7) is 0.366. The fourth-order valence-corrected chi connectivity index (χ4v) is 1.78. The lowest BCUT2D eigenvalue weighted by molar-refractivity contribution is -0.132. The molecule has 0 atom stereocenters. The van der Waals surface area contributed by atoms with E-state index in [2.05, 4.69) is 0 Å². The largest absolute Gasteiger partial charge is 0.492 e. The molecule has 0 heterocycles. The molecule has 2 rings (SSSR count). The fraction of sp³-hybridized carbons (Fsp3) is 0.235. The van der Waals surface area contributed by atoms with E-state index in [9.17, 15) is 13.6 Å². The molecule has 1 amide bonds. The van der Waals surface area contributed by atoms with Gasteiger partial charge in [-0.25, -0.2) is 8.78 Å². The van der Waals surface area contributed by atoms with Crippen molar-refractivity contribution < 1.29 is 23.0 Å². The molecule has 0 radical (unpaired) electrons. The summed E-state index contributed by atoms with van der Waals surface area (Å²) >= 11 is 0. The molecule has 0 aliphatic rings. The first kappa shape index (κ1) is 16.7. The van der Waals surface area contributed by atoms with Crippen molar-refractivity contribution in [2.24, 2.45) is 0 Å². The van der Waals surface area contributed by atoms with Crippen molar-refractivity contribution in [1.82, 2.24) is 4.90 Å². The standard InChI is InChI=1S/C17H17F2NO3/c1-20(9-10-22-14-5-3-2-4-6-14)17(21)12-23-16-8-7-13(18)11-15(16)19/h2-8,11H,9-10,12H2,1H3. The molecule has 0 aromatic heterocycles. The van der Waals surface area contributed by atoms with Gasteiger partial charge in [-0.05, 0) is 24.3 Å². The number of likely N-dealkylation sites (N-methyl/N-ethyl adjacent to an activating group) is 1. The lowest BCUT2D eigenvalue weighted by Gasteiger charge is -2.18. The molecule has 2 aromatic carbocycles. The second-order valence-electron chi connectivity index (χ2n) is 4.84. The minimum atomic E-state index is -0.840. The van der Waals surface area contributed by atoms with Crippen LogP contribution >= 0.6 is 0 Å². The van der Waals surface area contributed by atoms with Gasteiger partial charge in [0.15, 0.2) is 18.2 Å². The van der Waals surface area contributed by atoms with Crippen molar-refractivity contribution in [3.63, 3.8) is 0 Å². The summed E-state index contributed by atoms with van der Waals surface area (Å²) in [4.78, 5) is 13.3. The fourth-order valence-electron chi connectivity index (χ4n) is 1.78. The van der Waals surface area contributed by atoms with E-state index in [0.717, 1.165) is 17.9 Å². The Bertz CT molecular complexity index is 650. The molecule has 0 unspecified atom stereocenters. The molecule has 23 heavy (non-hydrogen) atoms. The molecule has 0 aliphatic heterocycles. The van der Waals surface area contributed by atoms with E-state index in [0.29, 0.717) is 19.2 Å². The topological polar surface area (TPSA) is 38.8 Å². The monoisotopic (exact) mass is 321 g/mol. The Morgan fingerprint density at radius 2 is 1.83 bits per heavy atom. The number of hydrogen-bond donors (Lipinski definition) is 0. The zero-order valence-electron chi connectivity index (χ0n) is 12.7. The highest BCUT2D eigenvalue weighted by Gasteiger charge is 2.12. The lowest BCUT2D eigenvalue weighted by Crippen LogP contribution is -2.34. The maximum atomic E-state index is 13.4. The summed E-state index contributed by atoms with van der Waals surface area (Å²) < 4.78 is 36.7. The summed E-state index contributed by atoms with van der Waals surface area (Å²) in [5.74, 6) is -1.30. The minimum Gasteiger partial charge on any atom is -0.492 e. The van der Waals surface area contributed by atoms with Crippen LogP contribution in [0, 0.1) is 11.6 Å². The zero-order chi connectivity index (χ0) is 16.7. The maximum Gasteiger partial charge on any atom is 0.260 e. The first-order chi connectivity index (χ1) is 11.1. The summed E-state index contributed by atoms with van der Waals surface area (Å²) in [6.07, 6.45) is 0. The van der Waals surface area contributed by atoms with Gasteiger partial charge in [0.2, 0.25) is 0 Å². The van der Waals surface area contributed by atoms with Gasteiger partial charge in [-0.15, -0.1) is 0 Å². The molecule has 0 saturated carbocycles. The van der Waals surface area contributed by atoms with Crippen molar-refractivity contribution in [3.05, 3.63) is 60.2 Å². The van der Waals surface area contributed by atoms with E-state index in [1.54, 1.807) is 7.05 Å². The number of amides is 1. The average Bonchev–Trinajstić information content (AvgIpc) is 2.54. The first-order valence-electron chi connectivity index (χ1n) is 7.06. The minimum absolute atomic E-state index is 0.159. The second-order valence-corrected chi connectivity index (χ2v) is 4.84. The van der Waals surface area contributed by atoms with Gasteiger partial charge in [-0.1, -0.05) is 18.2 Å². The van der Waals surface area contributed by atoms with E-state index < -0.39 is 11.6 Å². The van der Waals surface area contributed by atoms with Gasteiger partial charge >= 0.3 is 0 Å². The number of benzene rings is 2. The summed E-state index contributed by atoms with van der Waals surface area (Å²) in [5.41, 5.74) is 0.